The number of aryl methyl sites for hydroxylation is 1. The van der Waals surface area contributed by atoms with Gasteiger partial charge in [0.15, 0.2) is 0 Å². The smallest absolute Gasteiger partial charge is 0.0554 e. The average Bonchev–Trinajstić information content (AvgIpc) is 2.41. The summed E-state index contributed by atoms with van der Waals surface area (Å²) in [6.45, 7) is 4.01. The standard InChI is InChI=1S/C10H8BrCl/c1-6-2-3-7-4-5-8(12)10(11)9(6)7/h4-5H,1-3H2. The van der Waals surface area contributed by atoms with Crippen LogP contribution in [0.4, 0.5) is 0 Å². The van der Waals surface area contributed by atoms with E-state index in [9.17, 15) is 0 Å². The summed E-state index contributed by atoms with van der Waals surface area (Å²) in [4.78, 5) is 0. The fraction of sp³-hybridized carbons (Fsp3) is 0.200. The average molecular weight is 244 g/mol. The maximum absolute atomic E-state index is 5.97. The molecule has 1 aliphatic carbocycles. The number of benzene rings is 1. The van der Waals surface area contributed by atoms with Gasteiger partial charge in [0, 0.05) is 4.47 Å². The molecule has 1 aromatic carbocycles. The third kappa shape index (κ3) is 1.12. The maximum atomic E-state index is 5.97. The van der Waals surface area contributed by atoms with Crippen molar-refractivity contribution in [2.24, 2.45) is 0 Å². The van der Waals surface area contributed by atoms with E-state index >= 15 is 0 Å². The molecule has 0 saturated carbocycles. The molecule has 0 unspecified atom stereocenters. The molecular weight excluding hydrogens is 235 g/mol. The molecule has 0 radical (unpaired) electrons. The lowest BCUT2D eigenvalue weighted by Crippen LogP contribution is -1.83. The SMILES string of the molecule is C=C1CCc2ccc(Cl)c(Br)c21. The van der Waals surface area contributed by atoms with Gasteiger partial charge in [0.1, 0.15) is 0 Å². The van der Waals surface area contributed by atoms with Crippen LogP contribution < -0.4 is 0 Å². The van der Waals surface area contributed by atoms with Gasteiger partial charge in [0.25, 0.3) is 0 Å². The first-order chi connectivity index (χ1) is 5.70. The van der Waals surface area contributed by atoms with Gasteiger partial charge in [0.2, 0.25) is 0 Å². The number of halogens is 2. The van der Waals surface area contributed by atoms with Crippen LogP contribution in [0.15, 0.2) is 23.2 Å². The van der Waals surface area contributed by atoms with Gasteiger partial charge in [-0.05, 0) is 51.5 Å². The molecule has 0 N–H and O–H groups in total. The van der Waals surface area contributed by atoms with E-state index in [-0.39, 0.29) is 0 Å². The molecule has 2 heteroatoms. The molecule has 0 heterocycles. The van der Waals surface area contributed by atoms with Crippen molar-refractivity contribution in [3.05, 3.63) is 39.3 Å². The van der Waals surface area contributed by atoms with Crippen molar-refractivity contribution in [1.82, 2.24) is 0 Å². The summed E-state index contributed by atoms with van der Waals surface area (Å²) < 4.78 is 1.00. The van der Waals surface area contributed by atoms with Gasteiger partial charge < -0.3 is 0 Å². The fourth-order valence-electron chi connectivity index (χ4n) is 1.59. The van der Waals surface area contributed by atoms with E-state index in [1.54, 1.807) is 0 Å². The van der Waals surface area contributed by atoms with E-state index in [1.807, 2.05) is 6.07 Å². The zero-order valence-electron chi connectivity index (χ0n) is 6.53. The lowest BCUT2D eigenvalue weighted by atomic mass is 10.1. The van der Waals surface area contributed by atoms with Gasteiger partial charge in [-0.1, -0.05) is 24.2 Å². The number of hydrogen-bond acceptors (Lipinski definition) is 0. The zero-order chi connectivity index (χ0) is 8.72. The maximum Gasteiger partial charge on any atom is 0.0554 e. The van der Waals surface area contributed by atoms with E-state index in [4.69, 9.17) is 11.6 Å². The first-order valence-electron chi connectivity index (χ1n) is 3.85. The van der Waals surface area contributed by atoms with Crippen LogP contribution in [0, 0.1) is 0 Å². The van der Waals surface area contributed by atoms with Crippen molar-refractivity contribution >= 4 is 33.1 Å². The molecule has 0 nitrogen and oxygen atoms in total. The highest BCUT2D eigenvalue weighted by Gasteiger charge is 2.18. The summed E-state index contributed by atoms with van der Waals surface area (Å²) in [5.74, 6) is 0. The Kier molecular flexibility index (Phi) is 2.01. The van der Waals surface area contributed by atoms with Crippen molar-refractivity contribution in [1.29, 1.82) is 0 Å². The van der Waals surface area contributed by atoms with Crippen molar-refractivity contribution in [2.45, 2.75) is 12.8 Å². The Morgan fingerprint density at radius 3 is 2.83 bits per heavy atom. The number of hydrogen-bond donors (Lipinski definition) is 0. The van der Waals surface area contributed by atoms with E-state index in [0.29, 0.717) is 0 Å². The highest BCUT2D eigenvalue weighted by molar-refractivity contribution is 9.10. The molecular formula is C10H8BrCl. The lowest BCUT2D eigenvalue weighted by molar-refractivity contribution is 1.08. The van der Waals surface area contributed by atoms with E-state index < -0.39 is 0 Å². The van der Waals surface area contributed by atoms with Crippen molar-refractivity contribution in [2.75, 3.05) is 0 Å². The van der Waals surface area contributed by atoms with Crippen LogP contribution in [-0.4, -0.2) is 0 Å². The predicted molar refractivity (Wildman–Crippen MR) is 56.5 cm³/mol. The zero-order valence-corrected chi connectivity index (χ0v) is 8.87. The normalized spacial score (nSPS) is 15.0. The van der Waals surface area contributed by atoms with Crippen LogP contribution in [0.3, 0.4) is 0 Å². The van der Waals surface area contributed by atoms with Crippen LogP contribution in [0.2, 0.25) is 5.02 Å². The topological polar surface area (TPSA) is 0 Å². The van der Waals surface area contributed by atoms with Crippen LogP contribution in [0.5, 0.6) is 0 Å². The minimum absolute atomic E-state index is 0.775. The summed E-state index contributed by atoms with van der Waals surface area (Å²) in [6.07, 6.45) is 2.16. The van der Waals surface area contributed by atoms with Gasteiger partial charge in [-0.25, -0.2) is 0 Å². The molecule has 0 saturated heterocycles. The minimum Gasteiger partial charge on any atom is -0.0952 e. The Labute approximate surface area is 85.4 Å². The lowest BCUT2D eigenvalue weighted by Gasteiger charge is -2.04. The van der Waals surface area contributed by atoms with E-state index in [2.05, 4.69) is 28.6 Å². The van der Waals surface area contributed by atoms with Crippen molar-refractivity contribution < 1.29 is 0 Å². The number of allylic oxidation sites excluding steroid dienone is 1. The second-order valence-electron chi connectivity index (χ2n) is 3.00. The summed E-state index contributed by atoms with van der Waals surface area (Å²) in [5, 5.41) is 0.775. The van der Waals surface area contributed by atoms with Gasteiger partial charge >= 0.3 is 0 Å². The molecule has 0 atom stereocenters. The second kappa shape index (κ2) is 2.90. The van der Waals surface area contributed by atoms with Crippen LogP contribution in [-0.2, 0) is 6.42 Å². The molecule has 0 aliphatic heterocycles. The predicted octanol–water partition coefficient (Wildman–Crippen LogP) is 4.06. The monoisotopic (exact) mass is 242 g/mol. The van der Waals surface area contributed by atoms with Gasteiger partial charge in [-0.15, -0.1) is 0 Å². The largest absolute Gasteiger partial charge is 0.0952 e. The first kappa shape index (κ1) is 8.33. The Balaban J connectivity index is 2.71. The third-order valence-corrected chi connectivity index (χ3v) is 3.60. The van der Waals surface area contributed by atoms with Crippen LogP contribution in [0.1, 0.15) is 17.5 Å². The minimum atomic E-state index is 0.775. The van der Waals surface area contributed by atoms with Crippen molar-refractivity contribution in [3.8, 4) is 0 Å². The summed E-state index contributed by atoms with van der Waals surface area (Å²) in [5.41, 5.74) is 3.78. The molecule has 62 valence electrons. The second-order valence-corrected chi connectivity index (χ2v) is 4.20. The summed E-state index contributed by atoms with van der Waals surface area (Å²) in [7, 11) is 0. The van der Waals surface area contributed by atoms with Crippen LogP contribution in [0.25, 0.3) is 5.57 Å². The molecule has 1 aromatic rings. The van der Waals surface area contributed by atoms with E-state index in [0.717, 1.165) is 22.3 Å². The molecule has 0 fully saturated rings. The van der Waals surface area contributed by atoms with Gasteiger partial charge in [-0.3, -0.25) is 0 Å². The molecule has 0 aromatic heterocycles. The van der Waals surface area contributed by atoms with E-state index in [1.165, 1.54) is 16.7 Å². The highest BCUT2D eigenvalue weighted by atomic mass is 79.9. The molecule has 0 spiro atoms. The van der Waals surface area contributed by atoms with Crippen molar-refractivity contribution in [3.63, 3.8) is 0 Å². The molecule has 12 heavy (non-hydrogen) atoms. The molecule has 1 aliphatic rings. The number of rotatable bonds is 0. The highest BCUT2D eigenvalue weighted by Crippen LogP contribution is 2.39. The molecule has 2 rings (SSSR count). The van der Waals surface area contributed by atoms with Gasteiger partial charge in [0.05, 0.1) is 5.02 Å². The Morgan fingerprint density at radius 2 is 2.08 bits per heavy atom. The fourth-order valence-corrected chi connectivity index (χ4v) is 2.42. The van der Waals surface area contributed by atoms with Crippen LogP contribution >= 0.6 is 27.5 Å². The Morgan fingerprint density at radius 1 is 1.33 bits per heavy atom. The quantitative estimate of drug-likeness (QED) is 0.644. The summed E-state index contributed by atoms with van der Waals surface area (Å²) >= 11 is 9.45. The Bertz CT molecular complexity index is 355. The number of fused-ring (bicyclic) bond motifs is 1. The third-order valence-electron chi connectivity index (χ3n) is 2.23. The Hall–Kier alpha value is -0.270. The molecule has 0 amide bonds. The molecule has 0 bridgehead atoms. The summed E-state index contributed by atoms with van der Waals surface area (Å²) in [6, 6.07) is 4.02. The first-order valence-corrected chi connectivity index (χ1v) is 5.02. The van der Waals surface area contributed by atoms with Gasteiger partial charge in [-0.2, -0.15) is 0 Å².